The van der Waals surface area contributed by atoms with E-state index < -0.39 is 6.10 Å². The van der Waals surface area contributed by atoms with Crippen molar-refractivity contribution in [2.24, 2.45) is 5.92 Å². The van der Waals surface area contributed by atoms with Crippen LogP contribution in [-0.4, -0.2) is 47.7 Å². The first-order valence-electron chi connectivity index (χ1n) is 7.09. The first kappa shape index (κ1) is 15.9. The molecule has 4 heteroatoms. The third-order valence-corrected chi connectivity index (χ3v) is 3.36. The number of aliphatic hydroxyl groups is 2. The normalized spacial score (nSPS) is 27.2. The van der Waals surface area contributed by atoms with Gasteiger partial charge in [-0.3, -0.25) is 0 Å². The van der Waals surface area contributed by atoms with Crippen molar-refractivity contribution in [3.63, 3.8) is 0 Å². The Labute approximate surface area is 111 Å². The number of ether oxygens (including phenoxy) is 1. The molecular formula is C14H29NO3. The highest BCUT2D eigenvalue weighted by Crippen LogP contribution is 2.23. The molecule has 0 saturated heterocycles. The molecule has 3 N–H and O–H groups in total. The minimum atomic E-state index is -0.482. The van der Waals surface area contributed by atoms with Crippen LogP contribution in [0.1, 0.15) is 46.5 Å². The monoisotopic (exact) mass is 259 g/mol. The van der Waals surface area contributed by atoms with E-state index in [0.717, 1.165) is 25.8 Å². The molecule has 1 aliphatic carbocycles. The van der Waals surface area contributed by atoms with Gasteiger partial charge in [0.05, 0.1) is 24.4 Å². The zero-order chi connectivity index (χ0) is 13.6. The van der Waals surface area contributed by atoms with E-state index in [1.807, 2.05) is 20.8 Å². The van der Waals surface area contributed by atoms with E-state index in [9.17, 15) is 10.2 Å². The van der Waals surface area contributed by atoms with E-state index in [0.29, 0.717) is 19.1 Å². The summed E-state index contributed by atoms with van der Waals surface area (Å²) in [7, 11) is 0. The topological polar surface area (TPSA) is 61.7 Å². The summed E-state index contributed by atoms with van der Waals surface area (Å²) < 4.78 is 5.52. The molecule has 0 aromatic carbocycles. The van der Waals surface area contributed by atoms with E-state index in [2.05, 4.69) is 5.32 Å². The highest BCUT2D eigenvalue weighted by atomic mass is 16.5. The van der Waals surface area contributed by atoms with Crippen molar-refractivity contribution >= 4 is 0 Å². The van der Waals surface area contributed by atoms with Gasteiger partial charge in [-0.2, -0.15) is 0 Å². The third-order valence-electron chi connectivity index (χ3n) is 3.36. The van der Waals surface area contributed by atoms with E-state index in [1.54, 1.807) is 0 Å². The molecule has 1 fully saturated rings. The van der Waals surface area contributed by atoms with Crippen molar-refractivity contribution in [2.45, 2.75) is 64.3 Å². The van der Waals surface area contributed by atoms with E-state index in [-0.39, 0.29) is 11.7 Å². The zero-order valence-electron chi connectivity index (χ0n) is 12.0. The van der Waals surface area contributed by atoms with Crippen molar-refractivity contribution in [1.29, 1.82) is 0 Å². The van der Waals surface area contributed by atoms with Gasteiger partial charge in [0.1, 0.15) is 0 Å². The Morgan fingerprint density at radius 2 is 1.94 bits per heavy atom. The van der Waals surface area contributed by atoms with Crippen LogP contribution < -0.4 is 5.32 Å². The van der Waals surface area contributed by atoms with Gasteiger partial charge in [-0.1, -0.05) is 12.8 Å². The Bertz CT molecular complexity index is 228. The van der Waals surface area contributed by atoms with Gasteiger partial charge in [0.15, 0.2) is 0 Å². The van der Waals surface area contributed by atoms with E-state index in [1.165, 1.54) is 6.42 Å². The standard InChI is InChI=1S/C14H29NO3/c1-14(2,3)18-10-12(16)9-15-8-11-6-4-5-7-13(11)17/h11-13,15-17H,4-10H2,1-3H3. The molecule has 0 heterocycles. The quantitative estimate of drug-likeness (QED) is 0.673. The van der Waals surface area contributed by atoms with Gasteiger partial charge in [0.2, 0.25) is 0 Å². The summed E-state index contributed by atoms with van der Waals surface area (Å²) in [5.74, 6) is 0.342. The summed E-state index contributed by atoms with van der Waals surface area (Å²) in [5.41, 5.74) is -0.208. The van der Waals surface area contributed by atoms with Crippen LogP contribution >= 0.6 is 0 Å². The zero-order valence-corrected chi connectivity index (χ0v) is 12.0. The van der Waals surface area contributed by atoms with Gasteiger partial charge in [-0.15, -0.1) is 0 Å². The lowest BCUT2D eigenvalue weighted by Crippen LogP contribution is -2.39. The Hall–Kier alpha value is -0.160. The molecule has 3 atom stereocenters. The van der Waals surface area contributed by atoms with E-state index in [4.69, 9.17) is 4.74 Å². The minimum absolute atomic E-state index is 0.172. The molecular weight excluding hydrogens is 230 g/mol. The second-order valence-corrected chi connectivity index (χ2v) is 6.35. The van der Waals surface area contributed by atoms with Crippen molar-refractivity contribution in [3.05, 3.63) is 0 Å². The molecule has 1 saturated carbocycles. The molecule has 1 rings (SSSR count). The number of hydrogen-bond acceptors (Lipinski definition) is 4. The minimum Gasteiger partial charge on any atom is -0.393 e. The molecule has 3 unspecified atom stereocenters. The number of hydrogen-bond donors (Lipinski definition) is 3. The van der Waals surface area contributed by atoms with Gasteiger partial charge < -0.3 is 20.3 Å². The van der Waals surface area contributed by atoms with Crippen LogP contribution in [0, 0.1) is 5.92 Å². The Morgan fingerprint density at radius 1 is 1.28 bits per heavy atom. The lowest BCUT2D eigenvalue weighted by atomic mass is 9.86. The highest BCUT2D eigenvalue weighted by molar-refractivity contribution is 4.76. The molecule has 0 aliphatic heterocycles. The summed E-state index contributed by atoms with van der Waals surface area (Å²) in [6.45, 7) is 7.60. The number of aliphatic hydroxyl groups excluding tert-OH is 2. The third kappa shape index (κ3) is 6.69. The first-order valence-corrected chi connectivity index (χ1v) is 7.09. The first-order chi connectivity index (χ1) is 8.38. The van der Waals surface area contributed by atoms with Crippen LogP contribution in [-0.2, 0) is 4.74 Å². The van der Waals surface area contributed by atoms with Crippen LogP contribution in [0.4, 0.5) is 0 Å². The second kappa shape index (κ2) is 7.43. The Morgan fingerprint density at radius 3 is 2.56 bits per heavy atom. The summed E-state index contributed by atoms with van der Waals surface area (Å²) in [6.07, 6.45) is 3.70. The lowest BCUT2D eigenvalue weighted by molar-refractivity contribution is -0.0483. The van der Waals surface area contributed by atoms with Crippen molar-refractivity contribution in [3.8, 4) is 0 Å². The maximum Gasteiger partial charge on any atom is 0.0897 e. The molecule has 108 valence electrons. The fourth-order valence-electron chi connectivity index (χ4n) is 2.27. The average Bonchev–Trinajstić information content (AvgIpc) is 2.28. The summed E-state index contributed by atoms with van der Waals surface area (Å²) in [4.78, 5) is 0. The molecule has 4 nitrogen and oxygen atoms in total. The van der Waals surface area contributed by atoms with Gasteiger partial charge in [-0.05, 0) is 39.5 Å². The summed E-state index contributed by atoms with van der Waals surface area (Å²) in [5, 5.41) is 22.8. The van der Waals surface area contributed by atoms with Crippen LogP contribution in [0.2, 0.25) is 0 Å². The fourth-order valence-corrected chi connectivity index (χ4v) is 2.27. The maximum absolute atomic E-state index is 9.82. The van der Waals surface area contributed by atoms with Crippen LogP contribution in [0.25, 0.3) is 0 Å². The van der Waals surface area contributed by atoms with Crippen LogP contribution in [0.15, 0.2) is 0 Å². The smallest absolute Gasteiger partial charge is 0.0897 e. The predicted octanol–water partition coefficient (Wildman–Crippen LogP) is 1.30. The van der Waals surface area contributed by atoms with Gasteiger partial charge >= 0.3 is 0 Å². The van der Waals surface area contributed by atoms with Crippen molar-refractivity contribution in [1.82, 2.24) is 5.32 Å². The summed E-state index contributed by atoms with van der Waals surface area (Å²) >= 11 is 0. The Kier molecular flexibility index (Phi) is 6.57. The van der Waals surface area contributed by atoms with Gasteiger partial charge in [-0.25, -0.2) is 0 Å². The largest absolute Gasteiger partial charge is 0.393 e. The number of nitrogens with one attached hydrogen (secondary N) is 1. The van der Waals surface area contributed by atoms with E-state index >= 15 is 0 Å². The molecule has 18 heavy (non-hydrogen) atoms. The number of rotatable bonds is 6. The maximum atomic E-state index is 9.82. The van der Waals surface area contributed by atoms with Crippen LogP contribution in [0.3, 0.4) is 0 Å². The van der Waals surface area contributed by atoms with Crippen LogP contribution in [0.5, 0.6) is 0 Å². The lowest BCUT2D eigenvalue weighted by Gasteiger charge is -2.28. The molecule has 0 radical (unpaired) electrons. The molecule has 0 aromatic rings. The molecule has 0 amide bonds. The molecule has 0 aromatic heterocycles. The second-order valence-electron chi connectivity index (χ2n) is 6.35. The van der Waals surface area contributed by atoms with Crippen molar-refractivity contribution in [2.75, 3.05) is 19.7 Å². The van der Waals surface area contributed by atoms with Crippen molar-refractivity contribution < 1.29 is 14.9 Å². The summed E-state index contributed by atoms with van der Waals surface area (Å²) in [6, 6.07) is 0. The molecule has 1 aliphatic rings. The van der Waals surface area contributed by atoms with Gasteiger partial charge in [0.25, 0.3) is 0 Å². The highest BCUT2D eigenvalue weighted by Gasteiger charge is 2.22. The fraction of sp³-hybridized carbons (Fsp3) is 1.00. The average molecular weight is 259 g/mol. The molecule has 0 spiro atoms. The SMILES string of the molecule is CC(C)(C)OCC(O)CNCC1CCCCC1O. The predicted molar refractivity (Wildman–Crippen MR) is 72.5 cm³/mol. The van der Waals surface area contributed by atoms with Gasteiger partial charge in [0, 0.05) is 13.1 Å². The molecule has 0 bridgehead atoms. The Balaban J connectivity index is 2.09.